The van der Waals surface area contributed by atoms with E-state index in [-0.39, 0.29) is 5.78 Å². The topological polar surface area (TPSA) is 56.0 Å². The SMILES string of the molecule is CN1C/C(=C/c2cn(-c3ccccc3)nc2-c2cccs2)C(=O)/C(=C\c2cn(-c3ccccc3)nc2-c2cccs2)C1. The van der Waals surface area contributed by atoms with Crippen LogP contribution in [0.15, 0.2) is 119 Å². The first kappa shape index (κ1) is 26.3. The zero-order valence-corrected chi connectivity index (χ0v) is 24.6. The molecule has 0 saturated carbocycles. The van der Waals surface area contributed by atoms with Crippen LogP contribution < -0.4 is 0 Å². The molecule has 6 nitrogen and oxygen atoms in total. The van der Waals surface area contributed by atoms with E-state index in [9.17, 15) is 4.79 Å². The number of hydrogen-bond acceptors (Lipinski definition) is 6. The van der Waals surface area contributed by atoms with Crippen molar-refractivity contribution in [3.8, 4) is 32.5 Å². The van der Waals surface area contributed by atoms with Gasteiger partial charge in [-0.15, -0.1) is 22.7 Å². The number of benzene rings is 2. The van der Waals surface area contributed by atoms with E-state index < -0.39 is 0 Å². The number of piperidine rings is 1. The maximum Gasteiger partial charge on any atom is 0.187 e. The van der Waals surface area contributed by atoms with Crippen LogP contribution in [0.2, 0.25) is 0 Å². The van der Waals surface area contributed by atoms with Gasteiger partial charge in [0.15, 0.2) is 5.78 Å². The number of rotatable bonds is 6. The standard InChI is InChI=1S/C34H27N5OS2/c1-37-20-26(18-24-22-38(28-10-4-2-5-11-28)35-32(24)30-14-8-16-41-30)34(40)27(21-37)19-25-23-39(29-12-6-3-7-13-29)36-33(25)31-15-9-17-42-31/h2-19,22-23H,20-21H2,1H3/b26-18-,27-19-. The van der Waals surface area contributed by atoms with Gasteiger partial charge in [-0.1, -0.05) is 48.5 Å². The molecule has 0 N–H and O–H groups in total. The third kappa shape index (κ3) is 5.23. The van der Waals surface area contributed by atoms with Crippen LogP contribution in [0.5, 0.6) is 0 Å². The van der Waals surface area contributed by atoms with Crippen molar-refractivity contribution in [2.75, 3.05) is 20.1 Å². The molecule has 0 bridgehead atoms. The number of ketones is 1. The molecule has 0 atom stereocenters. The molecule has 4 aromatic heterocycles. The number of para-hydroxylation sites is 2. The summed E-state index contributed by atoms with van der Waals surface area (Å²) in [5, 5.41) is 13.9. The molecule has 42 heavy (non-hydrogen) atoms. The number of nitrogens with zero attached hydrogens (tertiary/aromatic N) is 5. The van der Waals surface area contributed by atoms with Crippen LogP contribution >= 0.6 is 22.7 Å². The van der Waals surface area contributed by atoms with Crippen molar-refractivity contribution in [3.63, 3.8) is 0 Å². The second-order valence-corrected chi connectivity index (χ2v) is 12.1. The Morgan fingerprint density at radius 3 is 1.50 bits per heavy atom. The highest BCUT2D eigenvalue weighted by Gasteiger charge is 2.26. The highest BCUT2D eigenvalue weighted by molar-refractivity contribution is 7.13. The summed E-state index contributed by atoms with van der Waals surface area (Å²) in [6.07, 6.45) is 8.06. The van der Waals surface area contributed by atoms with Crippen molar-refractivity contribution in [1.82, 2.24) is 24.5 Å². The van der Waals surface area contributed by atoms with Gasteiger partial charge in [-0.25, -0.2) is 9.36 Å². The summed E-state index contributed by atoms with van der Waals surface area (Å²) in [6.45, 7) is 1.13. The second-order valence-electron chi connectivity index (χ2n) is 10.2. The molecule has 206 valence electrons. The summed E-state index contributed by atoms with van der Waals surface area (Å²) in [5.74, 6) is 0.0577. The van der Waals surface area contributed by atoms with Gasteiger partial charge >= 0.3 is 0 Å². The third-order valence-corrected chi connectivity index (χ3v) is 8.91. The summed E-state index contributed by atoms with van der Waals surface area (Å²) >= 11 is 3.29. The zero-order valence-electron chi connectivity index (χ0n) is 22.9. The van der Waals surface area contributed by atoms with Gasteiger partial charge in [-0.3, -0.25) is 9.69 Å². The van der Waals surface area contributed by atoms with Gasteiger partial charge in [0.1, 0.15) is 11.4 Å². The third-order valence-electron chi connectivity index (χ3n) is 7.16. The first-order valence-electron chi connectivity index (χ1n) is 13.6. The van der Waals surface area contributed by atoms with Gasteiger partial charge in [0.05, 0.1) is 21.1 Å². The second kappa shape index (κ2) is 11.3. The molecule has 0 radical (unpaired) electrons. The fourth-order valence-corrected chi connectivity index (χ4v) is 6.67. The predicted molar refractivity (Wildman–Crippen MR) is 172 cm³/mol. The smallest absolute Gasteiger partial charge is 0.187 e. The summed E-state index contributed by atoms with van der Waals surface area (Å²) < 4.78 is 3.78. The molecule has 6 aromatic rings. The van der Waals surface area contributed by atoms with E-state index in [1.165, 1.54) is 0 Å². The minimum absolute atomic E-state index is 0.0577. The molecule has 0 spiro atoms. The minimum Gasteiger partial charge on any atom is -0.298 e. The van der Waals surface area contributed by atoms with Crippen molar-refractivity contribution in [2.45, 2.75) is 0 Å². The van der Waals surface area contributed by atoms with Crippen molar-refractivity contribution in [3.05, 3.63) is 130 Å². The van der Waals surface area contributed by atoms with Crippen LogP contribution in [0, 0.1) is 0 Å². The molecule has 0 aliphatic carbocycles. The highest BCUT2D eigenvalue weighted by atomic mass is 32.1. The maximum absolute atomic E-state index is 14.0. The Morgan fingerprint density at radius 1 is 0.643 bits per heavy atom. The first-order chi connectivity index (χ1) is 20.6. The number of likely N-dealkylation sites (N-methyl/N-ethyl adjacent to an activating group) is 1. The Labute approximate surface area is 252 Å². The minimum atomic E-state index is 0.0577. The summed E-state index contributed by atoms with van der Waals surface area (Å²) in [4.78, 5) is 18.3. The average Bonchev–Trinajstić information content (AvgIpc) is 3.83. The average molecular weight is 586 g/mol. The van der Waals surface area contributed by atoms with Gasteiger partial charge in [0.2, 0.25) is 0 Å². The fourth-order valence-electron chi connectivity index (χ4n) is 5.21. The van der Waals surface area contributed by atoms with Gasteiger partial charge in [0.25, 0.3) is 0 Å². The lowest BCUT2D eigenvalue weighted by molar-refractivity contribution is -0.113. The van der Waals surface area contributed by atoms with Crippen molar-refractivity contribution >= 4 is 40.6 Å². The van der Waals surface area contributed by atoms with Gasteiger partial charge in [-0.2, -0.15) is 10.2 Å². The maximum atomic E-state index is 14.0. The van der Waals surface area contributed by atoms with Crippen LogP contribution in [-0.2, 0) is 4.79 Å². The van der Waals surface area contributed by atoms with Crippen molar-refractivity contribution in [2.24, 2.45) is 0 Å². The summed E-state index contributed by atoms with van der Waals surface area (Å²) in [5.41, 5.74) is 7.04. The van der Waals surface area contributed by atoms with Gasteiger partial charge in [0, 0.05) is 47.8 Å². The van der Waals surface area contributed by atoms with Gasteiger partial charge in [-0.05, 0) is 66.4 Å². The molecule has 8 heteroatoms. The molecule has 0 unspecified atom stereocenters. The van der Waals surface area contributed by atoms with Crippen LogP contribution in [0.1, 0.15) is 11.1 Å². The van der Waals surface area contributed by atoms with Crippen LogP contribution in [0.3, 0.4) is 0 Å². The molecule has 2 aromatic carbocycles. The molecular weight excluding hydrogens is 559 g/mol. The number of Topliss-reactive ketones (excluding diaryl/α,β-unsaturated/α-hetero) is 1. The number of carbonyl (C=O) groups excluding carboxylic acids is 1. The van der Waals surface area contributed by atoms with E-state index in [2.05, 4.69) is 34.8 Å². The number of likely N-dealkylation sites (tertiary alicyclic amines) is 1. The molecule has 1 aliphatic heterocycles. The number of aromatic nitrogens is 4. The first-order valence-corrected chi connectivity index (χ1v) is 15.4. The number of thiophene rings is 2. The predicted octanol–water partition coefficient (Wildman–Crippen LogP) is 7.50. The molecule has 1 saturated heterocycles. The Morgan fingerprint density at radius 2 is 1.10 bits per heavy atom. The molecule has 7 rings (SSSR count). The summed E-state index contributed by atoms with van der Waals surface area (Å²) in [6, 6.07) is 28.3. The molecular formula is C34H27N5OS2. The van der Waals surface area contributed by atoms with Crippen molar-refractivity contribution in [1.29, 1.82) is 0 Å². The number of carbonyl (C=O) groups is 1. The van der Waals surface area contributed by atoms with Crippen LogP contribution in [0.25, 0.3) is 44.7 Å². The summed E-state index contributed by atoms with van der Waals surface area (Å²) in [7, 11) is 2.05. The largest absolute Gasteiger partial charge is 0.298 e. The van der Waals surface area contributed by atoms with Crippen LogP contribution in [0.4, 0.5) is 0 Å². The Bertz CT molecular complexity index is 1760. The quantitative estimate of drug-likeness (QED) is 0.190. The lowest BCUT2D eigenvalue weighted by atomic mass is 9.94. The van der Waals surface area contributed by atoms with E-state index >= 15 is 0 Å². The monoisotopic (exact) mass is 585 g/mol. The normalized spacial score (nSPS) is 16.1. The van der Waals surface area contributed by atoms with Gasteiger partial charge < -0.3 is 0 Å². The van der Waals surface area contributed by atoms with E-state index in [1.54, 1.807) is 22.7 Å². The van der Waals surface area contributed by atoms with E-state index in [0.29, 0.717) is 13.1 Å². The molecule has 1 aliphatic rings. The zero-order chi connectivity index (χ0) is 28.5. The molecule has 1 fully saturated rings. The Balaban J connectivity index is 1.29. The Kier molecular flexibility index (Phi) is 7.09. The Hall–Kier alpha value is -4.63. The van der Waals surface area contributed by atoms with E-state index in [4.69, 9.17) is 10.2 Å². The fraction of sp³-hybridized carbons (Fsp3) is 0.0882. The molecule has 0 amide bonds. The van der Waals surface area contributed by atoms with E-state index in [1.807, 2.05) is 107 Å². The van der Waals surface area contributed by atoms with E-state index in [0.717, 1.165) is 54.8 Å². The van der Waals surface area contributed by atoms with Crippen molar-refractivity contribution < 1.29 is 4.79 Å². The lowest BCUT2D eigenvalue weighted by Gasteiger charge is -2.26. The molecule has 5 heterocycles. The lowest BCUT2D eigenvalue weighted by Crippen LogP contribution is -2.34. The number of hydrogen-bond donors (Lipinski definition) is 0. The highest BCUT2D eigenvalue weighted by Crippen LogP contribution is 2.33. The van der Waals surface area contributed by atoms with Crippen LogP contribution in [-0.4, -0.2) is 50.4 Å².